The van der Waals surface area contributed by atoms with Gasteiger partial charge in [0.2, 0.25) is 0 Å². The maximum Gasteiger partial charge on any atom is 0.161 e. The predicted octanol–water partition coefficient (Wildman–Crippen LogP) is 13.8. The number of fused-ring (bicyclic) bond motifs is 9. The number of pyridine rings is 6. The average Bonchev–Trinajstić information content (AvgIpc) is 4.05. The lowest BCUT2D eigenvalue weighted by molar-refractivity contribution is 0.668. The third-order valence-corrected chi connectivity index (χ3v) is 11.9. The molecule has 0 saturated heterocycles. The fourth-order valence-electron chi connectivity index (χ4n) is 8.93. The summed E-state index contributed by atoms with van der Waals surface area (Å²) in [6, 6.07) is 43.1. The van der Waals surface area contributed by atoms with Crippen LogP contribution in [0.2, 0.25) is 0 Å². The van der Waals surface area contributed by atoms with Crippen LogP contribution in [-0.4, -0.2) is 29.9 Å². The standard InChI is InChI=1S/C54H30N6O3/c1-4-35(28-55-18-1)31-8-12-46-43(24-31)49-52(61-46)38(15-21-58-49)34-7-11-39(40-16-22-59-50-44-25-32(36-5-2-19-56-29-36)9-13-47(44)62-53(40)50)42(27-34)41-17-23-60-51-45-26-33(37-6-3-20-57-30-37)10-14-48(45)63-54(41)51/h1-30H. The van der Waals surface area contributed by atoms with Gasteiger partial charge in [-0.05, 0) is 112 Å². The molecule has 0 N–H and O–H groups in total. The van der Waals surface area contributed by atoms with Crippen LogP contribution in [0.5, 0.6) is 0 Å². The van der Waals surface area contributed by atoms with Crippen molar-refractivity contribution < 1.29 is 13.3 Å². The molecule has 0 aliphatic rings. The zero-order valence-corrected chi connectivity index (χ0v) is 33.2. The second-order valence-electron chi connectivity index (χ2n) is 15.5. The summed E-state index contributed by atoms with van der Waals surface area (Å²) in [6.45, 7) is 0. The summed E-state index contributed by atoms with van der Waals surface area (Å²) in [6.07, 6.45) is 16.5. The van der Waals surface area contributed by atoms with Gasteiger partial charge in [-0.2, -0.15) is 0 Å². The van der Waals surface area contributed by atoms with E-state index in [1.54, 1.807) is 18.6 Å². The molecule has 0 unspecified atom stereocenters. The SMILES string of the molecule is c1cncc(-c2ccc3oc4c(-c5ccc(-c6ccnc7c6oc6ccc(-c8cccnc8)cc67)c(-c6ccnc7c6oc6ccc(-c8cccnc8)cc67)c5)ccnc4c3c2)c1. The van der Waals surface area contributed by atoms with Crippen LogP contribution in [0.4, 0.5) is 0 Å². The lowest BCUT2D eigenvalue weighted by atomic mass is 9.90. The first-order chi connectivity index (χ1) is 31.2. The molecule has 0 atom stereocenters. The van der Waals surface area contributed by atoms with E-state index in [0.717, 1.165) is 116 Å². The lowest BCUT2D eigenvalue weighted by Crippen LogP contribution is -1.91. The molecule has 0 spiro atoms. The van der Waals surface area contributed by atoms with Gasteiger partial charge >= 0.3 is 0 Å². The number of nitrogens with zero attached hydrogens (tertiary/aromatic N) is 6. The van der Waals surface area contributed by atoms with E-state index in [-0.39, 0.29) is 0 Å². The van der Waals surface area contributed by atoms with Gasteiger partial charge in [0, 0.05) is 105 Å². The Balaban J connectivity index is 1.03. The van der Waals surface area contributed by atoms with Crippen LogP contribution in [-0.2, 0) is 0 Å². The summed E-state index contributed by atoms with van der Waals surface area (Å²) in [7, 11) is 0. The quantitative estimate of drug-likeness (QED) is 0.162. The van der Waals surface area contributed by atoms with Crippen molar-refractivity contribution in [1.82, 2.24) is 29.9 Å². The minimum atomic E-state index is 0.678. The van der Waals surface area contributed by atoms with E-state index >= 15 is 0 Å². The van der Waals surface area contributed by atoms with Crippen molar-refractivity contribution in [3.63, 3.8) is 0 Å². The Labute approximate surface area is 358 Å². The summed E-state index contributed by atoms with van der Waals surface area (Å²) >= 11 is 0. The summed E-state index contributed by atoms with van der Waals surface area (Å²) in [5, 5.41) is 2.78. The molecular formula is C54H30N6O3. The Hall–Kier alpha value is -8.82. The molecule has 9 heteroatoms. The van der Waals surface area contributed by atoms with Crippen molar-refractivity contribution in [2.45, 2.75) is 0 Å². The van der Waals surface area contributed by atoms with Gasteiger partial charge in [0.25, 0.3) is 0 Å². The van der Waals surface area contributed by atoms with Crippen LogP contribution in [0, 0.1) is 0 Å². The monoisotopic (exact) mass is 810 g/mol. The number of hydrogen-bond donors (Lipinski definition) is 0. The average molecular weight is 811 g/mol. The molecular weight excluding hydrogens is 781 g/mol. The maximum absolute atomic E-state index is 6.76. The van der Waals surface area contributed by atoms with Gasteiger partial charge in [-0.1, -0.05) is 48.5 Å². The van der Waals surface area contributed by atoms with Gasteiger partial charge in [-0.15, -0.1) is 0 Å². The molecule has 0 radical (unpaired) electrons. The first kappa shape index (κ1) is 35.0. The molecule has 0 fully saturated rings. The summed E-state index contributed by atoms with van der Waals surface area (Å²) in [5.41, 5.74) is 18.3. The highest BCUT2D eigenvalue weighted by Crippen LogP contribution is 2.46. The van der Waals surface area contributed by atoms with Crippen LogP contribution in [0.3, 0.4) is 0 Å². The van der Waals surface area contributed by atoms with Crippen LogP contribution >= 0.6 is 0 Å². The van der Waals surface area contributed by atoms with Crippen molar-refractivity contribution in [3.8, 4) is 66.8 Å². The molecule has 63 heavy (non-hydrogen) atoms. The summed E-state index contributed by atoms with van der Waals surface area (Å²) < 4.78 is 20.1. The first-order valence-electron chi connectivity index (χ1n) is 20.5. The topological polar surface area (TPSA) is 117 Å². The number of hydrogen-bond acceptors (Lipinski definition) is 9. The minimum Gasteiger partial charge on any atom is -0.454 e. The number of aromatic nitrogens is 6. The molecule has 4 aromatic carbocycles. The van der Waals surface area contributed by atoms with E-state index in [9.17, 15) is 0 Å². The van der Waals surface area contributed by atoms with Crippen LogP contribution in [0.15, 0.2) is 196 Å². The zero-order chi connectivity index (χ0) is 41.4. The molecule has 294 valence electrons. The van der Waals surface area contributed by atoms with Crippen LogP contribution in [0.25, 0.3) is 133 Å². The first-order valence-corrected chi connectivity index (χ1v) is 20.5. The molecule has 9 heterocycles. The molecule has 0 bridgehead atoms. The van der Waals surface area contributed by atoms with Crippen LogP contribution < -0.4 is 0 Å². The smallest absolute Gasteiger partial charge is 0.161 e. The Morgan fingerprint density at radius 3 is 1.11 bits per heavy atom. The third kappa shape index (κ3) is 5.64. The Morgan fingerprint density at radius 1 is 0.286 bits per heavy atom. The van der Waals surface area contributed by atoms with Crippen LogP contribution in [0.1, 0.15) is 0 Å². The summed E-state index contributed by atoms with van der Waals surface area (Å²) in [4.78, 5) is 27.7. The fourth-order valence-corrected chi connectivity index (χ4v) is 8.93. The number of rotatable bonds is 6. The van der Waals surface area contributed by atoms with Crippen molar-refractivity contribution >= 4 is 66.2 Å². The molecule has 0 aliphatic heterocycles. The molecule has 0 amide bonds. The number of furan rings is 3. The largest absolute Gasteiger partial charge is 0.454 e. The molecule has 13 aromatic rings. The summed E-state index contributed by atoms with van der Waals surface area (Å²) in [5.74, 6) is 0. The van der Waals surface area contributed by atoms with E-state index in [0.29, 0.717) is 16.7 Å². The maximum atomic E-state index is 6.76. The highest BCUT2D eigenvalue weighted by Gasteiger charge is 2.23. The normalized spacial score (nSPS) is 11.8. The molecule has 9 aromatic heterocycles. The van der Waals surface area contributed by atoms with Gasteiger partial charge in [-0.25, -0.2) is 0 Å². The Kier molecular flexibility index (Phi) is 7.70. The van der Waals surface area contributed by atoms with Gasteiger partial charge in [0.05, 0.1) is 0 Å². The molecule has 13 rings (SSSR count). The van der Waals surface area contributed by atoms with E-state index in [2.05, 4.69) is 87.7 Å². The molecule has 9 nitrogen and oxygen atoms in total. The fraction of sp³-hybridized carbons (Fsp3) is 0. The van der Waals surface area contributed by atoms with Gasteiger partial charge in [-0.3, -0.25) is 29.9 Å². The Morgan fingerprint density at radius 2 is 0.683 bits per heavy atom. The Bertz CT molecular complexity index is 3920. The van der Waals surface area contributed by atoms with Gasteiger partial charge in [0.1, 0.15) is 33.3 Å². The van der Waals surface area contributed by atoms with Gasteiger partial charge in [0.15, 0.2) is 16.7 Å². The van der Waals surface area contributed by atoms with Crippen molar-refractivity contribution in [3.05, 3.63) is 183 Å². The molecule has 0 saturated carbocycles. The van der Waals surface area contributed by atoms with Crippen molar-refractivity contribution in [1.29, 1.82) is 0 Å². The second-order valence-corrected chi connectivity index (χ2v) is 15.5. The van der Waals surface area contributed by atoms with E-state index in [4.69, 9.17) is 28.2 Å². The number of benzene rings is 4. The van der Waals surface area contributed by atoms with E-state index < -0.39 is 0 Å². The van der Waals surface area contributed by atoms with E-state index in [1.807, 2.05) is 91.8 Å². The second kappa shape index (κ2) is 13.9. The third-order valence-electron chi connectivity index (χ3n) is 11.9. The van der Waals surface area contributed by atoms with Crippen molar-refractivity contribution in [2.75, 3.05) is 0 Å². The zero-order valence-electron chi connectivity index (χ0n) is 33.2. The van der Waals surface area contributed by atoms with Gasteiger partial charge < -0.3 is 13.3 Å². The van der Waals surface area contributed by atoms with E-state index in [1.165, 1.54) is 0 Å². The highest BCUT2D eigenvalue weighted by molar-refractivity contribution is 6.14. The minimum absolute atomic E-state index is 0.678. The lowest BCUT2D eigenvalue weighted by Gasteiger charge is -2.14. The predicted molar refractivity (Wildman–Crippen MR) is 248 cm³/mol. The molecule has 0 aliphatic carbocycles. The van der Waals surface area contributed by atoms with Crippen molar-refractivity contribution in [2.24, 2.45) is 0 Å². The highest BCUT2D eigenvalue weighted by atomic mass is 16.3.